The number of alkyl halides is 2. The second kappa shape index (κ2) is 5.51. The van der Waals surface area contributed by atoms with Crippen molar-refractivity contribution in [3.8, 4) is 0 Å². The minimum Gasteiger partial charge on any atom is -0.307 e. The van der Waals surface area contributed by atoms with E-state index in [1.54, 1.807) is 6.20 Å². The Balaban J connectivity index is 2.26. The summed E-state index contributed by atoms with van der Waals surface area (Å²) in [5, 5.41) is 3.70. The van der Waals surface area contributed by atoms with E-state index >= 15 is 0 Å². The number of hydrogen-bond donors (Lipinski definition) is 1. The summed E-state index contributed by atoms with van der Waals surface area (Å²) in [7, 11) is 0. The summed E-state index contributed by atoms with van der Waals surface area (Å²) >= 11 is 3.44. The molecule has 0 atom stereocenters. The van der Waals surface area contributed by atoms with Crippen LogP contribution in [0.1, 0.15) is 5.56 Å². The molecule has 2 rings (SSSR count). The Labute approximate surface area is 106 Å². The number of fused-ring (bicyclic) bond motifs is 1. The van der Waals surface area contributed by atoms with E-state index < -0.39 is 6.43 Å². The molecule has 1 aromatic carbocycles. The van der Waals surface area contributed by atoms with Crippen LogP contribution in [-0.2, 0) is 6.54 Å². The predicted molar refractivity (Wildman–Crippen MR) is 67.2 cm³/mol. The van der Waals surface area contributed by atoms with Gasteiger partial charge in [0.05, 0.1) is 12.1 Å². The standard InChI is InChI=1S/C12H11BrF2N2/c13-10-4-3-8(6-16-7-11(14)15)12-9(10)2-1-5-17-12/h1-5,11,16H,6-7H2. The van der Waals surface area contributed by atoms with Crippen LogP contribution >= 0.6 is 15.9 Å². The van der Waals surface area contributed by atoms with Crippen LogP contribution in [0.5, 0.6) is 0 Å². The summed E-state index contributed by atoms with van der Waals surface area (Å²) in [6, 6.07) is 7.59. The molecule has 1 aromatic heterocycles. The molecule has 5 heteroatoms. The van der Waals surface area contributed by atoms with E-state index in [1.165, 1.54) is 0 Å². The van der Waals surface area contributed by atoms with Crippen LogP contribution in [-0.4, -0.2) is 18.0 Å². The molecule has 2 aromatic rings. The van der Waals surface area contributed by atoms with Crippen molar-refractivity contribution in [1.82, 2.24) is 10.3 Å². The molecule has 1 N–H and O–H groups in total. The average molecular weight is 301 g/mol. The summed E-state index contributed by atoms with van der Waals surface area (Å²) in [6.45, 7) is 0.0928. The fourth-order valence-electron chi connectivity index (χ4n) is 1.65. The van der Waals surface area contributed by atoms with Gasteiger partial charge in [0.15, 0.2) is 0 Å². The number of benzene rings is 1. The molecule has 0 saturated heterocycles. The molecule has 0 radical (unpaired) electrons. The van der Waals surface area contributed by atoms with Crippen LogP contribution in [0.4, 0.5) is 8.78 Å². The van der Waals surface area contributed by atoms with Gasteiger partial charge in [-0.25, -0.2) is 8.78 Å². The van der Waals surface area contributed by atoms with Gasteiger partial charge >= 0.3 is 0 Å². The minimum atomic E-state index is -2.33. The molecule has 0 aliphatic rings. The Morgan fingerprint density at radius 2 is 2.12 bits per heavy atom. The molecular weight excluding hydrogens is 290 g/mol. The lowest BCUT2D eigenvalue weighted by Gasteiger charge is -2.08. The Kier molecular flexibility index (Phi) is 4.02. The summed E-state index contributed by atoms with van der Waals surface area (Å²) < 4.78 is 25.0. The summed E-state index contributed by atoms with van der Waals surface area (Å²) in [6.07, 6.45) is -0.629. The monoisotopic (exact) mass is 300 g/mol. The number of hydrogen-bond acceptors (Lipinski definition) is 2. The van der Waals surface area contributed by atoms with Gasteiger partial charge in [-0.1, -0.05) is 28.1 Å². The Morgan fingerprint density at radius 3 is 2.88 bits per heavy atom. The highest BCUT2D eigenvalue weighted by Gasteiger charge is 2.06. The molecule has 90 valence electrons. The van der Waals surface area contributed by atoms with Crippen molar-refractivity contribution in [3.05, 3.63) is 40.5 Å². The third-order valence-corrected chi connectivity index (χ3v) is 3.11. The van der Waals surface area contributed by atoms with Gasteiger partial charge in [-0.05, 0) is 17.7 Å². The number of nitrogens with zero attached hydrogens (tertiary/aromatic N) is 1. The van der Waals surface area contributed by atoms with Crippen LogP contribution in [0.3, 0.4) is 0 Å². The molecular formula is C12H11BrF2N2. The largest absolute Gasteiger partial charge is 0.307 e. The molecule has 0 bridgehead atoms. The maximum Gasteiger partial charge on any atom is 0.250 e. The van der Waals surface area contributed by atoms with Gasteiger partial charge in [0, 0.05) is 22.6 Å². The van der Waals surface area contributed by atoms with Crippen LogP contribution in [0.2, 0.25) is 0 Å². The maximum atomic E-state index is 12.0. The first-order valence-electron chi connectivity index (χ1n) is 5.19. The second-order valence-electron chi connectivity index (χ2n) is 3.63. The fraction of sp³-hybridized carbons (Fsp3) is 0.250. The first kappa shape index (κ1) is 12.4. The highest BCUT2D eigenvalue weighted by molar-refractivity contribution is 9.10. The zero-order valence-corrected chi connectivity index (χ0v) is 10.5. The summed E-state index contributed by atoms with van der Waals surface area (Å²) in [5.74, 6) is 0. The molecule has 0 fully saturated rings. The first-order chi connectivity index (χ1) is 8.18. The van der Waals surface area contributed by atoms with Gasteiger partial charge in [-0.3, -0.25) is 4.98 Å². The van der Waals surface area contributed by atoms with Crippen molar-refractivity contribution in [2.75, 3.05) is 6.54 Å². The molecule has 0 saturated carbocycles. The molecule has 0 aliphatic heterocycles. The number of halogens is 3. The van der Waals surface area contributed by atoms with E-state index in [0.717, 1.165) is 20.9 Å². The van der Waals surface area contributed by atoms with E-state index in [-0.39, 0.29) is 6.54 Å². The Morgan fingerprint density at radius 1 is 1.29 bits per heavy atom. The molecule has 2 nitrogen and oxygen atoms in total. The van der Waals surface area contributed by atoms with Crippen molar-refractivity contribution in [3.63, 3.8) is 0 Å². The first-order valence-corrected chi connectivity index (χ1v) is 5.99. The van der Waals surface area contributed by atoms with Crippen LogP contribution in [0, 0.1) is 0 Å². The van der Waals surface area contributed by atoms with Gasteiger partial charge < -0.3 is 5.32 Å². The predicted octanol–water partition coefficient (Wildman–Crippen LogP) is 3.35. The van der Waals surface area contributed by atoms with Crippen molar-refractivity contribution < 1.29 is 8.78 Å². The third-order valence-electron chi connectivity index (χ3n) is 2.41. The normalized spacial score (nSPS) is 11.3. The topological polar surface area (TPSA) is 24.9 Å². The lowest BCUT2D eigenvalue weighted by atomic mass is 10.1. The number of rotatable bonds is 4. The fourth-order valence-corrected chi connectivity index (χ4v) is 2.11. The molecule has 0 aliphatic carbocycles. The zero-order valence-electron chi connectivity index (χ0n) is 8.96. The van der Waals surface area contributed by atoms with Crippen LogP contribution in [0.25, 0.3) is 10.9 Å². The van der Waals surface area contributed by atoms with Crippen molar-refractivity contribution in [1.29, 1.82) is 0 Å². The number of nitrogens with one attached hydrogen (secondary N) is 1. The van der Waals surface area contributed by atoms with Gasteiger partial charge in [0.25, 0.3) is 6.43 Å². The minimum absolute atomic E-state index is 0.301. The number of aromatic nitrogens is 1. The van der Waals surface area contributed by atoms with Crippen molar-refractivity contribution >= 4 is 26.8 Å². The highest BCUT2D eigenvalue weighted by atomic mass is 79.9. The van der Waals surface area contributed by atoms with Gasteiger partial charge in [-0.2, -0.15) is 0 Å². The quantitative estimate of drug-likeness (QED) is 0.936. The number of pyridine rings is 1. The SMILES string of the molecule is FC(F)CNCc1ccc(Br)c2cccnc12. The molecule has 0 spiro atoms. The lowest BCUT2D eigenvalue weighted by molar-refractivity contribution is 0.145. The Hall–Kier alpha value is -1.07. The molecule has 1 heterocycles. The van der Waals surface area contributed by atoms with Crippen molar-refractivity contribution in [2.45, 2.75) is 13.0 Å². The highest BCUT2D eigenvalue weighted by Crippen LogP contribution is 2.24. The van der Waals surface area contributed by atoms with Gasteiger partial charge in [0.1, 0.15) is 0 Å². The van der Waals surface area contributed by atoms with E-state index in [4.69, 9.17) is 0 Å². The second-order valence-corrected chi connectivity index (χ2v) is 4.48. The molecule has 0 amide bonds. The third kappa shape index (κ3) is 2.98. The smallest absolute Gasteiger partial charge is 0.250 e. The zero-order chi connectivity index (χ0) is 12.3. The van der Waals surface area contributed by atoms with E-state index in [0.29, 0.717) is 6.54 Å². The summed E-state index contributed by atoms with van der Waals surface area (Å²) in [4.78, 5) is 4.28. The maximum absolute atomic E-state index is 12.0. The molecule has 0 unspecified atom stereocenters. The molecule has 17 heavy (non-hydrogen) atoms. The lowest BCUT2D eigenvalue weighted by Crippen LogP contribution is -2.20. The van der Waals surface area contributed by atoms with E-state index in [1.807, 2.05) is 24.3 Å². The van der Waals surface area contributed by atoms with Gasteiger partial charge in [0.2, 0.25) is 0 Å². The van der Waals surface area contributed by atoms with Crippen molar-refractivity contribution in [2.24, 2.45) is 0 Å². The van der Waals surface area contributed by atoms with E-state index in [2.05, 4.69) is 26.2 Å². The van der Waals surface area contributed by atoms with Crippen LogP contribution in [0.15, 0.2) is 34.9 Å². The van der Waals surface area contributed by atoms with Gasteiger partial charge in [-0.15, -0.1) is 0 Å². The average Bonchev–Trinajstić information content (AvgIpc) is 2.32. The van der Waals surface area contributed by atoms with Crippen LogP contribution < -0.4 is 5.32 Å². The summed E-state index contributed by atoms with van der Waals surface area (Å²) in [5.41, 5.74) is 1.76. The van der Waals surface area contributed by atoms with E-state index in [9.17, 15) is 8.78 Å². The Bertz CT molecular complexity index is 517.